The van der Waals surface area contributed by atoms with E-state index in [0.717, 1.165) is 27.7 Å². The number of alkyl halides is 1. The first-order valence-electron chi connectivity index (χ1n) is 5.53. The molecular formula is C11H12ClN5S. The lowest BCUT2D eigenvalue weighted by Gasteiger charge is -2.05. The fraction of sp³-hybridized carbons (Fsp3) is 0.364. The summed E-state index contributed by atoms with van der Waals surface area (Å²) in [5.74, 6) is 1.25. The summed E-state index contributed by atoms with van der Waals surface area (Å²) in [5, 5.41) is 7.40. The van der Waals surface area contributed by atoms with E-state index in [9.17, 15) is 0 Å². The van der Waals surface area contributed by atoms with Gasteiger partial charge in [-0.2, -0.15) is 5.10 Å². The summed E-state index contributed by atoms with van der Waals surface area (Å²) in [5.41, 5.74) is 2.85. The van der Waals surface area contributed by atoms with Crippen LogP contribution in [0.4, 0.5) is 0 Å². The van der Waals surface area contributed by atoms with Crippen molar-refractivity contribution in [1.82, 2.24) is 24.3 Å². The van der Waals surface area contributed by atoms with Crippen molar-refractivity contribution in [3.63, 3.8) is 0 Å². The zero-order chi connectivity index (χ0) is 12.7. The van der Waals surface area contributed by atoms with Crippen LogP contribution >= 0.6 is 22.9 Å². The zero-order valence-electron chi connectivity index (χ0n) is 10.1. The smallest absolute Gasteiger partial charge is 0.159 e. The van der Waals surface area contributed by atoms with E-state index in [-0.39, 0.29) is 0 Å². The van der Waals surface area contributed by atoms with E-state index in [2.05, 4.69) is 19.6 Å². The Kier molecular flexibility index (Phi) is 2.83. The quantitative estimate of drug-likeness (QED) is 0.692. The second-order valence-electron chi connectivity index (χ2n) is 4.05. The molecule has 0 aliphatic rings. The summed E-state index contributed by atoms with van der Waals surface area (Å²) in [6.07, 6.45) is 1.81. The van der Waals surface area contributed by atoms with Crippen LogP contribution in [-0.2, 0) is 19.5 Å². The van der Waals surface area contributed by atoms with Gasteiger partial charge in [-0.15, -0.1) is 22.9 Å². The highest BCUT2D eigenvalue weighted by atomic mass is 35.5. The van der Waals surface area contributed by atoms with E-state index in [1.807, 2.05) is 30.2 Å². The number of thiazole rings is 1. The maximum absolute atomic E-state index is 5.98. The Labute approximate surface area is 113 Å². The van der Waals surface area contributed by atoms with Crippen molar-refractivity contribution in [2.75, 3.05) is 0 Å². The molecule has 0 amide bonds. The second kappa shape index (κ2) is 4.37. The van der Waals surface area contributed by atoms with Crippen molar-refractivity contribution in [1.29, 1.82) is 0 Å². The van der Waals surface area contributed by atoms with Gasteiger partial charge in [0.2, 0.25) is 0 Å². The molecule has 0 aromatic carbocycles. The van der Waals surface area contributed by atoms with Gasteiger partial charge < -0.3 is 4.57 Å². The van der Waals surface area contributed by atoms with Gasteiger partial charge in [-0.1, -0.05) is 0 Å². The Hall–Kier alpha value is -1.40. The van der Waals surface area contributed by atoms with Gasteiger partial charge in [0.1, 0.15) is 16.3 Å². The summed E-state index contributed by atoms with van der Waals surface area (Å²) in [4.78, 5) is 8.86. The van der Waals surface area contributed by atoms with Crippen molar-refractivity contribution in [2.45, 2.75) is 19.3 Å². The van der Waals surface area contributed by atoms with E-state index >= 15 is 0 Å². The average molecular weight is 282 g/mol. The predicted octanol–water partition coefficient (Wildman–Crippen LogP) is 2.32. The molecule has 5 nitrogen and oxygen atoms in total. The van der Waals surface area contributed by atoms with Crippen molar-refractivity contribution in [3.05, 3.63) is 28.1 Å². The van der Waals surface area contributed by atoms with Crippen LogP contribution in [0, 0.1) is 6.92 Å². The van der Waals surface area contributed by atoms with Crippen molar-refractivity contribution >= 4 is 34.1 Å². The van der Waals surface area contributed by atoms with Crippen LogP contribution in [0.25, 0.3) is 11.2 Å². The SMILES string of the molecule is Cc1nn(C)c2c1nc(CCl)n2Cc1nccs1. The van der Waals surface area contributed by atoms with E-state index < -0.39 is 0 Å². The maximum atomic E-state index is 5.98. The predicted molar refractivity (Wildman–Crippen MR) is 72.0 cm³/mol. The Morgan fingerprint density at radius 3 is 2.94 bits per heavy atom. The monoisotopic (exact) mass is 281 g/mol. The number of aromatic nitrogens is 5. The highest BCUT2D eigenvalue weighted by Gasteiger charge is 2.17. The lowest BCUT2D eigenvalue weighted by atomic mass is 10.4. The summed E-state index contributed by atoms with van der Waals surface area (Å²) < 4.78 is 3.93. The molecule has 3 aromatic heterocycles. The first-order valence-corrected chi connectivity index (χ1v) is 6.95. The molecular weight excluding hydrogens is 270 g/mol. The van der Waals surface area contributed by atoms with Crippen molar-refractivity contribution in [2.24, 2.45) is 7.05 Å². The Balaban J connectivity index is 2.18. The number of halogens is 1. The minimum absolute atomic E-state index is 0.388. The second-order valence-corrected chi connectivity index (χ2v) is 5.30. The molecule has 3 aromatic rings. The van der Waals surface area contributed by atoms with Gasteiger partial charge in [-0.05, 0) is 6.92 Å². The molecule has 0 atom stereocenters. The zero-order valence-corrected chi connectivity index (χ0v) is 11.7. The number of aryl methyl sites for hydroxylation is 2. The summed E-state index contributed by atoms with van der Waals surface area (Å²) >= 11 is 7.60. The standard InChI is InChI=1S/C11H12ClN5S/c1-7-10-11(16(2)15-7)17(8(5-12)14-10)6-9-13-3-4-18-9/h3-4H,5-6H2,1-2H3. The van der Waals surface area contributed by atoms with Gasteiger partial charge in [0.25, 0.3) is 0 Å². The molecule has 0 aliphatic heterocycles. The van der Waals surface area contributed by atoms with Crippen LogP contribution in [0.3, 0.4) is 0 Å². The molecule has 0 radical (unpaired) electrons. The van der Waals surface area contributed by atoms with E-state index in [0.29, 0.717) is 12.4 Å². The number of hydrogen-bond donors (Lipinski definition) is 0. The number of fused-ring (bicyclic) bond motifs is 1. The van der Waals surface area contributed by atoms with Gasteiger partial charge >= 0.3 is 0 Å². The lowest BCUT2D eigenvalue weighted by Crippen LogP contribution is -2.07. The molecule has 3 rings (SSSR count). The Morgan fingerprint density at radius 1 is 1.44 bits per heavy atom. The van der Waals surface area contributed by atoms with E-state index in [1.54, 1.807) is 11.3 Å². The van der Waals surface area contributed by atoms with Gasteiger partial charge in [0, 0.05) is 18.6 Å². The van der Waals surface area contributed by atoms with E-state index in [1.165, 1.54) is 0 Å². The molecule has 0 unspecified atom stereocenters. The third-order valence-electron chi connectivity index (χ3n) is 2.87. The van der Waals surface area contributed by atoms with Crippen LogP contribution < -0.4 is 0 Å². The minimum atomic E-state index is 0.388. The number of imidazole rings is 1. The molecule has 0 bridgehead atoms. The molecule has 0 saturated carbocycles. The largest absolute Gasteiger partial charge is 0.305 e. The van der Waals surface area contributed by atoms with Crippen molar-refractivity contribution in [3.8, 4) is 0 Å². The number of nitrogens with zero attached hydrogens (tertiary/aromatic N) is 5. The number of hydrogen-bond acceptors (Lipinski definition) is 4. The molecule has 94 valence electrons. The van der Waals surface area contributed by atoms with E-state index in [4.69, 9.17) is 11.6 Å². The molecule has 3 heterocycles. The van der Waals surface area contributed by atoms with Crippen LogP contribution in [-0.4, -0.2) is 24.3 Å². The highest BCUT2D eigenvalue weighted by molar-refractivity contribution is 7.09. The summed E-state index contributed by atoms with van der Waals surface area (Å²) in [7, 11) is 1.92. The first-order chi connectivity index (χ1) is 8.70. The third-order valence-corrected chi connectivity index (χ3v) is 3.87. The molecule has 0 fully saturated rings. The summed E-state index contributed by atoms with van der Waals surface area (Å²) in [6.45, 7) is 2.65. The highest BCUT2D eigenvalue weighted by Crippen LogP contribution is 2.21. The Bertz CT molecular complexity index is 682. The normalized spacial score (nSPS) is 11.5. The Morgan fingerprint density at radius 2 is 2.28 bits per heavy atom. The third kappa shape index (κ3) is 1.72. The van der Waals surface area contributed by atoms with Gasteiger partial charge in [0.05, 0.1) is 18.1 Å². The molecule has 18 heavy (non-hydrogen) atoms. The van der Waals surface area contributed by atoms with Gasteiger partial charge in [0.15, 0.2) is 5.65 Å². The van der Waals surface area contributed by atoms with Crippen molar-refractivity contribution < 1.29 is 0 Å². The average Bonchev–Trinajstić information content (AvgIpc) is 3.01. The molecule has 0 N–H and O–H groups in total. The topological polar surface area (TPSA) is 48.5 Å². The van der Waals surface area contributed by atoms with Gasteiger partial charge in [-0.3, -0.25) is 4.68 Å². The molecule has 0 saturated heterocycles. The van der Waals surface area contributed by atoms with Gasteiger partial charge in [-0.25, -0.2) is 9.97 Å². The van der Waals surface area contributed by atoms with Crippen LogP contribution in [0.15, 0.2) is 11.6 Å². The molecule has 0 spiro atoms. The van der Waals surface area contributed by atoms with Crippen LogP contribution in [0.5, 0.6) is 0 Å². The lowest BCUT2D eigenvalue weighted by molar-refractivity contribution is 0.700. The maximum Gasteiger partial charge on any atom is 0.159 e. The molecule has 0 aliphatic carbocycles. The minimum Gasteiger partial charge on any atom is -0.305 e. The molecule has 7 heteroatoms. The van der Waals surface area contributed by atoms with Crippen LogP contribution in [0.1, 0.15) is 16.5 Å². The fourth-order valence-electron chi connectivity index (χ4n) is 2.11. The fourth-order valence-corrected chi connectivity index (χ4v) is 2.92. The summed E-state index contributed by atoms with van der Waals surface area (Å²) in [6, 6.07) is 0. The first kappa shape index (κ1) is 11.7. The van der Waals surface area contributed by atoms with Crippen LogP contribution in [0.2, 0.25) is 0 Å². The number of rotatable bonds is 3.